The minimum Gasteiger partial charge on any atom is -0.353 e. The average molecular weight is 170 g/mol. The van der Waals surface area contributed by atoms with Crippen LogP contribution in [0.25, 0.3) is 0 Å². The lowest BCUT2D eigenvalue weighted by Gasteiger charge is -2.36. The quantitative estimate of drug-likeness (QED) is 0.607. The SMILES string of the molecule is CC(=O)NC1CCNC(C)(C)C1. The van der Waals surface area contributed by atoms with Crippen molar-refractivity contribution in [3.05, 3.63) is 0 Å². The largest absolute Gasteiger partial charge is 0.353 e. The second kappa shape index (κ2) is 3.44. The molecule has 0 aromatic heterocycles. The van der Waals surface area contributed by atoms with E-state index in [0.29, 0.717) is 6.04 Å². The highest BCUT2D eigenvalue weighted by atomic mass is 16.1. The van der Waals surface area contributed by atoms with Crippen molar-refractivity contribution in [1.82, 2.24) is 10.6 Å². The summed E-state index contributed by atoms with van der Waals surface area (Å²) in [6.45, 7) is 6.91. The lowest BCUT2D eigenvalue weighted by Crippen LogP contribution is -2.52. The normalized spacial score (nSPS) is 28.1. The van der Waals surface area contributed by atoms with Gasteiger partial charge in [-0.15, -0.1) is 0 Å². The summed E-state index contributed by atoms with van der Waals surface area (Å²) >= 11 is 0. The molecule has 0 aliphatic carbocycles. The molecule has 2 N–H and O–H groups in total. The van der Waals surface area contributed by atoms with Gasteiger partial charge in [0.15, 0.2) is 0 Å². The molecule has 1 heterocycles. The molecule has 12 heavy (non-hydrogen) atoms. The van der Waals surface area contributed by atoms with Gasteiger partial charge in [0.25, 0.3) is 0 Å². The van der Waals surface area contributed by atoms with Gasteiger partial charge in [-0.05, 0) is 33.2 Å². The molecule has 1 aliphatic rings. The van der Waals surface area contributed by atoms with Crippen LogP contribution in [-0.2, 0) is 4.79 Å². The van der Waals surface area contributed by atoms with E-state index in [9.17, 15) is 4.79 Å². The van der Waals surface area contributed by atoms with Crippen LogP contribution in [0.1, 0.15) is 33.6 Å². The summed E-state index contributed by atoms with van der Waals surface area (Å²) in [5.41, 5.74) is 0.172. The van der Waals surface area contributed by atoms with Crippen LogP contribution in [0.15, 0.2) is 0 Å². The first-order valence-corrected chi connectivity index (χ1v) is 4.52. The van der Waals surface area contributed by atoms with Crippen molar-refractivity contribution < 1.29 is 4.79 Å². The lowest BCUT2D eigenvalue weighted by molar-refractivity contribution is -0.119. The predicted octanol–water partition coefficient (Wildman–Crippen LogP) is 0.653. The van der Waals surface area contributed by atoms with Crippen molar-refractivity contribution >= 4 is 5.91 Å². The maximum Gasteiger partial charge on any atom is 0.217 e. The minimum atomic E-state index is 0.0812. The third-order valence-electron chi connectivity index (χ3n) is 2.26. The van der Waals surface area contributed by atoms with Gasteiger partial charge in [0.1, 0.15) is 0 Å². The van der Waals surface area contributed by atoms with E-state index < -0.39 is 0 Å². The van der Waals surface area contributed by atoms with Crippen LogP contribution in [0.4, 0.5) is 0 Å². The zero-order chi connectivity index (χ0) is 9.19. The molecule has 0 saturated carbocycles. The summed E-state index contributed by atoms with van der Waals surface area (Å²) in [7, 11) is 0. The average Bonchev–Trinajstić information content (AvgIpc) is 1.82. The Bertz CT molecular complexity index is 177. The zero-order valence-corrected chi connectivity index (χ0v) is 8.11. The first-order chi connectivity index (χ1) is 5.49. The van der Waals surface area contributed by atoms with E-state index in [2.05, 4.69) is 24.5 Å². The van der Waals surface area contributed by atoms with Crippen LogP contribution in [0.2, 0.25) is 0 Å². The molecule has 0 aromatic rings. The molecule has 1 fully saturated rings. The van der Waals surface area contributed by atoms with Crippen LogP contribution in [-0.4, -0.2) is 24.0 Å². The molecule has 0 aromatic carbocycles. The minimum absolute atomic E-state index is 0.0812. The second-order valence-corrected chi connectivity index (χ2v) is 4.20. The fourth-order valence-corrected chi connectivity index (χ4v) is 1.79. The molecule has 0 radical (unpaired) electrons. The third kappa shape index (κ3) is 2.81. The van der Waals surface area contributed by atoms with Crippen molar-refractivity contribution in [2.24, 2.45) is 0 Å². The smallest absolute Gasteiger partial charge is 0.217 e. The van der Waals surface area contributed by atoms with Crippen LogP contribution in [0.3, 0.4) is 0 Å². The number of hydrogen-bond donors (Lipinski definition) is 2. The maximum absolute atomic E-state index is 10.8. The molecule has 1 rings (SSSR count). The first-order valence-electron chi connectivity index (χ1n) is 4.52. The lowest BCUT2D eigenvalue weighted by atomic mass is 9.89. The van der Waals surface area contributed by atoms with Crippen molar-refractivity contribution in [3.8, 4) is 0 Å². The highest BCUT2D eigenvalue weighted by Gasteiger charge is 2.27. The molecule has 1 atom stereocenters. The monoisotopic (exact) mass is 170 g/mol. The molecule has 1 unspecified atom stereocenters. The Morgan fingerprint density at radius 1 is 1.58 bits per heavy atom. The number of carbonyl (C=O) groups is 1. The van der Waals surface area contributed by atoms with E-state index in [1.165, 1.54) is 0 Å². The molecule has 1 amide bonds. The summed E-state index contributed by atoms with van der Waals surface area (Å²) in [5, 5.41) is 6.37. The van der Waals surface area contributed by atoms with Crippen LogP contribution in [0.5, 0.6) is 0 Å². The summed E-state index contributed by atoms with van der Waals surface area (Å²) in [6.07, 6.45) is 2.07. The van der Waals surface area contributed by atoms with E-state index >= 15 is 0 Å². The maximum atomic E-state index is 10.8. The third-order valence-corrected chi connectivity index (χ3v) is 2.26. The summed E-state index contributed by atoms with van der Waals surface area (Å²) < 4.78 is 0. The van der Waals surface area contributed by atoms with E-state index in [1.54, 1.807) is 6.92 Å². The van der Waals surface area contributed by atoms with Crippen molar-refractivity contribution in [2.45, 2.75) is 45.2 Å². The van der Waals surface area contributed by atoms with Gasteiger partial charge in [0, 0.05) is 18.5 Å². The van der Waals surface area contributed by atoms with Crippen molar-refractivity contribution in [1.29, 1.82) is 0 Å². The molecule has 70 valence electrons. The van der Waals surface area contributed by atoms with Gasteiger partial charge in [-0.1, -0.05) is 0 Å². The molecule has 3 heteroatoms. The highest BCUT2D eigenvalue weighted by molar-refractivity contribution is 5.73. The number of rotatable bonds is 1. The Labute approximate surface area is 73.9 Å². The summed E-state index contributed by atoms with van der Waals surface area (Å²) in [6, 6.07) is 0.360. The number of hydrogen-bond acceptors (Lipinski definition) is 2. The second-order valence-electron chi connectivity index (χ2n) is 4.20. The van der Waals surface area contributed by atoms with Gasteiger partial charge >= 0.3 is 0 Å². The van der Waals surface area contributed by atoms with Gasteiger partial charge in [0.05, 0.1) is 0 Å². The molecular formula is C9H18N2O. The fraction of sp³-hybridized carbons (Fsp3) is 0.889. The molecule has 0 bridgehead atoms. The van der Waals surface area contributed by atoms with Crippen LogP contribution < -0.4 is 10.6 Å². The van der Waals surface area contributed by atoms with E-state index in [1.807, 2.05) is 0 Å². The Hall–Kier alpha value is -0.570. The van der Waals surface area contributed by atoms with Crippen molar-refractivity contribution in [3.63, 3.8) is 0 Å². The van der Waals surface area contributed by atoms with Crippen LogP contribution >= 0.6 is 0 Å². The molecule has 3 nitrogen and oxygen atoms in total. The van der Waals surface area contributed by atoms with E-state index in [-0.39, 0.29) is 11.4 Å². The number of nitrogens with one attached hydrogen (secondary N) is 2. The van der Waals surface area contributed by atoms with E-state index in [4.69, 9.17) is 0 Å². The Morgan fingerprint density at radius 3 is 2.75 bits per heavy atom. The number of carbonyl (C=O) groups excluding carboxylic acids is 1. The zero-order valence-electron chi connectivity index (χ0n) is 8.11. The van der Waals surface area contributed by atoms with Gasteiger partial charge in [-0.25, -0.2) is 0 Å². The molecule has 1 aliphatic heterocycles. The van der Waals surface area contributed by atoms with Crippen molar-refractivity contribution in [2.75, 3.05) is 6.54 Å². The topological polar surface area (TPSA) is 41.1 Å². The van der Waals surface area contributed by atoms with E-state index in [0.717, 1.165) is 19.4 Å². The van der Waals surface area contributed by atoms with Gasteiger partial charge in [-0.3, -0.25) is 4.79 Å². The van der Waals surface area contributed by atoms with Gasteiger partial charge in [0.2, 0.25) is 5.91 Å². The fourth-order valence-electron chi connectivity index (χ4n) is 1.79. The molecular weight excluding hydrogens is 152 g/mol. The predicted molar refractivity (Wildman–Crippen MR) is 48.9 cm³/mol. The summed E-state index contributed by atoms with van der Waals surface area (Å²) in [5.74, 6) is 0.0812. The highest BCUT2D eigenvalue weighted by Crippen LogP contribution is 2.17. The Balaban J connectivity index is 2.41. The number of piperidine rings is 1. The standard InChI is InChI=1S/C9H18N2O/c1-7(12)11-8-4-5-10-9(2,3)6-8/h8,10H,4-6H2,1-3H3,(H,11,12). The molecule has 1 saturated heterocycles. The van der Waals surface area contributed by atoms with Crippen LogP contribution in [0, 0.1) is 0 Å². The summed E-state index contributed by atoms with van der Waals surface area (Å²) in [4.78, 5) is 10.8. The first kappa shape index (κ1) is 9.52. The Kier molecular flexibility index (Phi) is 2.73. The van der Waals surface area contributed by atoms with Gasteiger partial charge in [-0.2, -0.15) is 0 Å². The van der Waals surface area contributed by atoms with Gasteiger partial charge < -0.3 is 10.6 Å². The Morgan fingerprint density at radius 2 is 2.25 bits per heavy atom. The molecule has 0 spiro atoms. The number of amides is 1.